The summed E-state index contributed by atoms with van der Waals surface area (Å²) in [6.07, 6.45) is 0. The molecule has 0 spiro atoms. The number of imidazole rings is 1. The topological polar surface area (TPSA) is 73.1 Å². The molecule has 2 aromatic carbocycles. The highest BCUT2D eigenvalue weighted by Gasteiger charge is 2.15. The van der Waals surface area contributed by atoms with Gasteiger partial charge in [-0.05, 0) is 42.8 Å². The van der Waals surface area contributed by atoms with Crippen molar-refractivity contribution < 1.29 is 8.42 Å². The van der Waals surface area contributed by atoms with E-state index in [0.717, 1.165) is 11.1 Å². The average Bonchev–Trinajstić information content (AvgIpc) is 2.72. The molecule has 0 aliphatic rings. The molecule has 1 aromatic heterocycles. The minimum atomic E-state index is -3.66. The SMILES string of the molecule is Cc1cccc(S(=O)(=O)Nc2ccc3c(c2)n(C)c(=O)n3C)c1. The number of anilines is 1. The van der Waals surface area contributed by atoms with Crippen LogP contribution >= 0.6 is 0 Å². The molecule has 0 aliphatic carbocycles. The van der Waals surface area contributed by atoms with Crippen LogP contribution in [0.3, 0.4) is 0 Å². The maximum Gasteiger partial charge on any atom is 0.328 e. The van der Waals surface area contributed by atoms with Gasteiger partial charge in [-0.3, -0.25) is 13.9 Å². The first kappa shape index (κ1) is 15.4. The molecule has 0 saturated heterocycles. The van der Waals surface area contributed by atoms with Crippen molar-refractivity contribution in [3.8, 4) is 0 Å². The van der Waals surface area contributed by atoms with E-state index in [4.69, 9.17) is 0 Å². The van der Waals surface area contributed by atoms with E-state index in [1.165, 1.54) is 9.13 Å². The quantitative estimate of drug-likeness (QED) is 0.797. The van der Waals surface area contributed by atoms with Gasteiger partial charge in [0, 0.05) is 14.1 Å². The van der Waals surface area contributed by atoms with Gasteiger partial charge in [-0.15, -0.1) is 0 Å². The number of rotatable bonds is 3. The lowest BCUT2D eigenvalue weighted by molar-refractivity contribution is 0.601. The second kappa shape index (κ2) is 5.27. The van der Waals surface area contributed by atoms with Crippen LogP contribution < -0.4 is 10.4 Å². The number of nitrogens with zero attached hydrogens (tertiary/aromatic N) is 2. The standard InChI is InChI=1S/C16H17N3O3S/c1-11-5-4-6-13(9-11)23(21,22)17-12-7-8-14-15(10-12)19(3)16(20)18(14)2/h4-10,17H,1-3H3. The van der Waals surface area contributed by atoms with Crippen molar-refractivity contribution >= 4 is 26.7 Å². The van der Waals surface area contributed by atoms with Gasteiger partial charge < -0.3 is 0 Å². The lowest BCUT2D eigenvalue weighted by Gasteiger charge is -2.09. The number of aromatic nitrogens is 2. The minimum absolute atomic E-state index is 0.154. The summed E-state index contributed by atoms with van der Waals surface area (Å²) in [5, 5.41) is 0. The predicted octanol–water partition coefficient (Wildman–Crippen LogP) is 1.99. The highest BCUT2D eigenvalue weighted by molar-refractivity contribution is 7.92. The number of aryl methyl sites for hydroxylation is 3. The number of nitrogens with one attached hydrogen (secondary N) is 1. The van der Waals surface area contributed by atoms with Crippen LogP contribution in [0.15, 0.2) is 52.2 Å². The number of sulfonamides is 1. The van der Waals surface area contributed by atoms with Gasteiger partial charge in [0.15, 0.2) is 0 Å². The van der Waals surface area contributed by atoms with Gasteiger partial charge in [-0.2, -0.15) is 0 Å². The Hall–Kier alpha value is -2.54. The molecule has 0 unspecified atom stereocenters. The van der Waals surface area contributed by atoms with Crippen LogP contribution in [0.4, 0.5) is 5.69 Å². The van der Waals surface area contributed by atoms with E-state index < -0.39 is 10.0 Å². The molecule has 0 radical (unpaired) electrons. The monoisotopic (exact) mass is 331 g/mol. The third kappa shape index (κ3) is 2.63. The van der Waals surface area contributed by atoms with Gasteiger partial charge >= 0.3 is 5.69 Å². The number of benzene rings is 2. The van der Waals surface area contributed by atoms with Crippen LogP contribution in [0.2, 0.25) is 0 Å². The average molecular weight is 331 g/mol. The van der Waals surface area contributed by atoms with E-state index in [0.29, 0.717) is 11.2 Å². The van der Waals surface area contributed by atoms with E-state index in [9.17, 15) is 13.2 Å². The van der Waals surface area contributed by atoms with Gasteiger partial charge in [0.05, 0.1) is 21.6 Å². The number of hydrogen-bond acceptors (Lipinski definition) is 3. The molecule has 3 aromatic rings. The lowest BCUT2D eigenvalue weighted by atomic mass is 10.2. The summed E-state index contributed by atoms with van der Waals surface area (Å²) < 4.78 is 30.5. The van der Waals surface area contributed by atoms with E-state index in [2.05, 4.69) is 4.72 Å². The van der Waals surface area contributed by atoms with E-state index in [1.807, 2.05) is 13.0 Å². The third-order valence-electron chi connectivity index (χ3n) is 3.82. The Morgan fingerprint density at radius 2 is 1.65 bits per heavy atom. The van der Waals surface area contributed by atoms with Crippen molar-refractivity contribution in [1.29, 1.82) is 0 Å². The minimum Gasteiger partial charge on any atom is -0.295 e. The van der Waals surface area contributed by atoms with Crippen molar-refractivity contribution in [3.05, 3.63) is 58.5 Å². The Bertz CT molecular complexity index is 1060. The largest absolute Gasteiger partial charge is 0.328 e. The maximum atomic E-state index is 12.5. The van der Waals surface area contributed by atoms with Gasteiger partial charge in [-0.25, -0.2) is 13.2 Å². The van der Waals surface area contributed by atoms with E-state index >= 15 is 0 Å². The second-order valence-electron chi connectivity index (χ2n) is 5.53. The molecule has 3 rings (SSSR count). The van der Waals surface area contributed by atoms with E-state index in [1.54, 1.807) is 50.5 Å². The summed E-state index contributed by atoms with van der Waals surface area (Å²) in [5.74, 6) is 0. The van der Waals surface area contributed by atoms with Gasteiger partial charge in [-0.1, -0.05) is 12.1 Å². The van der Waals surface area contributed by atoms with Crippen LogP contribution in [0, 0.1) is 6.92 Å². The van der Waals surface area contributed by atoms with Crippen molar-refractivity contribution in [2.24, 2.45) is 14.1 Å². The Morgan fingerprint density at radius 1 is 0.957 bits per heavy atom. The van der Waals surface area contributed by atoms with Gasteiger partial charge in [0.1, 0.15) is 0 Å². The van der Waals surface area contributed by atoms with Crippen molar-refractivity contribution in [2.45, 2.75) is 11.8 Å². The first-order chi connectivity index (χ1) is 10.8. The van der Waals surface area contributed by atoms with Gasteiger partial charge in [0.2, 0.25) is 0 Å². The fourth-order valence-electron chi connectivity index (χ4n) is 2.57. The summed E-state index contributed by atoms with van der Waals surface area (Å²) in [6.45, 7) is 1.84. The van der Waals surface area contributed by atoms with E-state index in [-0.39, 0.29) is 10.6 Å². The first-order valence-electron chi connectivity index (χ1n) is 7.04. The van der Waals surface area contributed by atoms with Crippen LogP contribution in [0.25, 0.3) is 11.0 Å². The highest BCUT2D eigenvalue weighted by Crippen LogP contribution is 2.21. The smallest absolute Gasteiger partial charge is 0.295 e. The van der Waals surface area contributed by atoms with Crippen LogP contribution in [-0.4, -0.2) is 17.6 Å². The molecule has 0 atom stereocenters. The molecular formula is C16H17N3O3S. The molecule has 0 saturated carbocycles. The van der Waals surface area contributed by atoms with Crippen molar-refractivity contribution in [2.75, 3.05) is 4.72 Å². The maximum absolute atomic E-state index is 12.5. The number of fused-ring (bicyclic) bond motifs is 1. The molecule has 0 amide bonds. The van der Waals surface area contributed by atoms with Gasteiger partial charge in [0.25, 0.3) is 10.0 Å². The summed E-state index contributed by atoms with van der Waals surface area (Å²) in [6, 6.07) is 11.7. The molecule has 7 heteroatoms. The molecule has 1 heterocycles. The molecule has 120 valence electrons. The molecule has 0 bridgehead atoms. The van der Waals surface area contributed by atoms with Crippen LogP contribution in [0.5, 0.6) is 0 Å². The summed E-state index contributed by atoms with van der Waals surface area (Å²) >= 11 is 0. The predicted molar refractivity (Wildman–Crippen MR) is 90.1 cm³/mol. The molecule has 6 nitrogen and oxygen atoms in total. The summed E-state index contributed by atoms with van der Waals surface area (Å²) in [4.78, 5) is 12.1. The Morgan fingerprint density at radius 3 is 2.35 bits per heavy atom. The molecule has 0 fully saturated rings. The summed E-state index contributed by atoms with van der Waals surface area (Å²) in [7, 11) is -0.327. The molecule has 0 aliphatic heterocycles. The Balaban J connectivity index is 2.05. The lowest BCUT2D eigenvalue weighted by Crippen LogP contribution is -2.19. The zero-order valence-corrected chi connectivity index (χ0v) is 13.9. The van der Waals surface area contributed by atoms with Crippen molar-refractivity contribution in [3.63, 3.8) is 0 Å². The zero-order chi connectivity index (χ0) is 16.8. The Kier molecular flexibility index (Phi) is 3.52. The molecule has 1 N–H and O–H groups in total. The first-order valence-corrected chi connectivity index (χ1v) is 8.53. The van der Waals surface area contributed by atoms with Crippen molar-refractivity contribution in [1.82, 2.24) is 9.13 Å². The number of hydrogen-bond donors (Lipinski definition) is 1. The fraction of sp³-hybridized carbons (Fsp3) is 0.188. The fourth-order valence-corrected chi connectivity index (χ4v) is 3.72. The van der Waals surface area contributed by atoms with Crippen LogP contribution in [-0.2, 0) is 24.1 Å². The third-order valence-corrected chi connectivity index (χ3v) is 5.20. The Labute approximate surface area is 134 Å². The van der Waals surface area contributed by atoms with Crippen LogP contribution in [0.1, 0.15) is 5.56 Å². The second-order valence-corrected chi connectivity index (χ2v) is 7.21. The zero-order valence-electron chi connectivity index (χ0n) is 13.1. The normalized spacial score (nSPS) is 11.8. The molecular weight excluding hydrogens is 314 g/mol. The highest BCUT2D eigenvalue weighted by atomic mass is 32.2. The summed E-state index contributed by atoms with van der Waals surface area (Å²) in [5.41, 5.74) is 2.55. The molecule has 23 heavy (non-hydrogen) atoms.